The lowest BCUT2D eigenvalue weighted by atomic mass is 9.97. The molecule has 0 aromatic heterocycles. The summed E-state index contributed by atoms with van der Waals surface area (Å²) in [5.74, 6) is 0.746. The molecule has 1 aliphatic carbocycles. The van der Waals surface area contributed by atoms with E-state index in [1.54, 1.807) is 7.11 Å². The monoisotopic (exact) mass is 310 g/mol. The Morgan fingerprint density at radius 3 is 2.89 bits per heavy atom. The van der Waals surface area contributed by atoms with E-state index in [0.717, 1.165) is 34.2 Å². The van der Waals surface area contributed by atoms with Gasteiger partial charge in [0.15, 0.2) is 0 Å². The van der Waals surface area contributed by atoms with Crippen molar-refractivity contribution in [1.29, 1.82) is 0 Å². The van der Waals surface area contributed by atoms with Crippen molar-refractivity contribution >= 4 is 15.9 Å². The summed E-state index contributed by atoms with van der Waals surface area (Å²) in [6.07, 6.45) is 7.35. The van der Waals surface area contributed by atoms with Gasteiger partial charge in [-0.3, -0.25) is 0 Å². The molecule has 18 heavy (non-hydrogen) atoms. The number of allylic oxidation sites excluding steroid dienone is 1. The summed E-state index contributed by atoms with van der Waals surface area (Å²) in [6, 6.07) is 5.76. The van der Waals surface area contributed by atoms with Gasteiger partial charge in [-0.05, 0) is 49.5 Å². The molecule has 2 rings (SSSR count). The lowest BCUT2D eigenvalue weighted by molar-refractivity contribution is 0.205. The van der Waals surface area contributed by atoms with E-state index in [9.17, 15) is 5.11 Å². The van der Waals surface area contributed by atoms with Crippen LogP contribution in [0.5, 0.6) is 5.75 Å². The first-order valence-corrected chi connectivity index (χ1v) is 7.22. The molecule has 0 saturated carbocycles. The molecule has 0 fully saturated rings. The summed E-state index contributed by atoms with van der Waals surface area (Å²) in [4.78, 5) is 0. The zero-order valence-electron chi connectivity index (χ0n) is 10.7. The minimum absolute atomic E-state index is 0.546. The molecule has 2 nitrogen and oxygen atoms in total. The largest absolute Gasteiger partial charge is 0.496 e. The van der Waals surface area contributed by atoms with Crippen LogP contribution in [0, 0.1) is 0 Å². The number of halogens is 1. The molecular formula is C15H19BrO2. The molecule has 3 heteroatoms. The molecule has 98 valence electrons. The van der Waals surface area contributed by atoms with Crippen LogP contribution in [0.3, 0.4) is 0 Å². The van der Waals surface area contributed by atoms with Crippen LogP contribution in [-0.4, -0.2) is 12.2 Å². The maximum absolute atomic E-state index is 10.5. The molecule has 0 radical (unpaired) electrons. The summed E-state index contributed by atoms with van der Waals surface area (Å²) in [5, 5.41) is 10.5. The van der Waals surface area contributed by atoms with Gasteiger partial charge in [0.05, 0.1) is 7.11 Å². The fraction of sp³-hybridized carbons (Fsp3) is 0.467. The second kappa shape index (κ2) is 6.39. The Balaban J connectivity index is 2.29. The van der Waals surface area contributed by atoms with Gasteiger partial charge in [-0.2, -0.15) is 0 Å². The normalized spacial score (nSPS) is 17.8. The molecular weight excluding hydrogens is 292 g/mol. The number of benzene rings is 1. The quantitative estimate of drug-likeness (QED) is 0.839. The first kappa shape index (κ1) is 13.6. The van der Waals surface area contributed by atoms with Crippen LogP contribution < -0.4 is 4.74 Å². The van der Waals surface area contributed by atoms with Crippen LogP contribution in [0.1, 0.15) is 43.8 Å². The van der Waals surface area contributed by atoms with E-state index in [2.05, 4.69) is 22.0 Å². The summed E-state index contributed by atoms with van der Waals surface area (Å²) < 4.78 is 6.30. The zero-order valence-corrected chi connectivity index (χ0v) is 12.2. The third kappa shape index (κ3) is 3.15. The van der Waals surface area contributed by atoms with Crippen molar-refractivity contribution in [2.24, 2.45) is 0 Å². The Hall–Kier alpha value is -0.800. The van der Waals surface area contributed by atoms with Gasteiger partial charge >= 0.3 is 0 Å². The van der Waals surface area contributed by atoms with E-state index in [1.807, 2.05) is 18.2 Å². The molecule has 1 atom stereocenters. The van der Waals surface area contributed by atoms with E-state index in [1.165, 1.54) is 19.3 Å². The van der Waals surface area contributed by atoms with E-state index < -0.39 is 6.10 Å². The molecule has 0 aliphatic heterocycles. The van der Waals surface area contributed by atoms with Crippen molar-refractivity contribution in [2.45, 2.75) is 38.2 Å². The molecule has 1 unspecified atom stereocenters. The number of hydrogen-bond donors (Lipinski definition) is 1. The molecule has 1 aromatic carbocycles. The molecule has 1 aromatic rings. The molecule has 0 heterocycles. The van der Waals surface area contributed by atoms with Crippen LogP contribution in [0.25, 0.3) is 0 Å². The van der Waals surface area contributed by atoms with Crippen LogP contribution in [0.15, 0.2) is 34.3 Å². The Labute approximate surface area is 117 Å². The highest BCUT2D eigenvalue weighted by Crippen LogP contribution is 2.35. The number of aliphatic hydroxyl groups is 1. The molecule has 1 aliphatic rings. The molecule has 0 saturated heterocycles. The molecule has 0 bridgehead atoms. The van der Waals surface area contributed by atoms with Crippen molar-refractivity contribution in [3.63, 3.8) is 0 Å². The van der Waals surface area contributed by atoms with Gasteiger partial charge in [0, 0.05) is 10.0 Å². The number of hydrogen-bond acceptors (Lipinski definition) is 2. The Morgan fingerprint density at radius 1 is 1.28 bits per heavy atom. The Kier molecular flexibility index (Phi) is 4.84. The summed E-state index contributed by atoms with van der Waals surface area (Å²) >= 11 is 3.45. The second-order valence-corrected chi connectivity index (χ2v) is 5.58. The van der Waals surface area contributed by atoms with Crippen molar-refractivity contribution < 1.29 is 9.84 Å². The average Bonchev–Trinajstić information content (AvgIpc) is 2.66. The maximum Gasteiger partial charge on any atom is 0.125 e. The van der Waals surface area contributed by atoms with Gasteiger partial charge in [-0.15, -0.1) is 0 Å². The average molecular weight is 311 g/mol. The number of ether oxygens (including phenoxy) is 1. The van der Waals surface area contributed by atoms with E-state index >= 15 is 0 Å². The zero-order chi connectivity index (χ0) is 13.0. The van der Waals surface area contributed by atoms with E-state index in [-0.39, 0.29) is 0 Å². The minimum atomic E-state index is -0.546. The number of methoxy groups -OCH3 is 1. The fourth-order valence-electron chi connectivity index (χ4n) is 2.41. The lowest BCUT2D eigenvalue weighted by Gasteiger charge is -2.18. The standard InChI is InChI=1S/C15H19BrO2/c1-18-14-9-8-12(16)10-13(14)15(17)11-6-4-2-3-5-7-11/h6,8-10,15,17H,2-5,7H2,1H3. The summed E-state index contributed by atoms with van der Waals surface area (Å²) in [7, 11) is 1.64. The molecule has 0 amide bonds. The highest BCUT2D eigenvalue weighted by atomic mass is 79.9. The maximum atomic E-state index is 10.5. The number of rotatable bonds is 3. The van der Waals surface area contributed by atoms with E-state index in [0.29, 0.717) is 0 Å². The Morgan fingerprint density at radius 2 is 2.11 bits per heavy atom. The summed E-state index contributed by atoms with van der Waals surface area (Å²) in [6.45, 7) is 0. The topological polar surface area (TPSA) is 29.5 Å². The van der Waals surface area contributed by atoms with Gasteiger partial charge in [0.1, 0.15) is 11.9 Å². The van der Waals surface area contributed by atoms with Crippen molar-refractivity contribution in [1.82, 2.24) is 0 Å². The van der Waals surface area contributed by atoms with Crippen LogP contribution in [0.2, 0.25) is 0 Å². The van der Waals surface area contributed by atoms with Gasteiger partial charge in [-0.25, -0.2) is 0 Å². The van der Waals surface area contributed by atoms with Crippen molar-refractivity contribution in [3.05, 3.63) is 39.9 Å². The highest BCUT2D eigenvalue weighted by molar-refractivity contribution is 9.10. The minimum Gasteiger partial charge on any atom is -0.496 e. The van der Waals surface area contributed by atoms with Crippen LogP contribution >= 0.6 is 15.9 Å². The first-order valence-electron chi connectivity index (χ1n) is 6.43. The third-order valence-electron chi connectivity index (χ3n) is 3.41. The third-order valence-corrected chi connectivity index (χ3v) is 3.91. The summed E-state index contributed by atoms with van der Waals surface area (Å²) in [5.41, 5.74) is 1.98. The fourth-order valence-corrected chi connectivity index (χ4v) is 2.79. The first-order chi connectivity index (χ1) is 8.72. The predicted octanol–water partition coefficient (Wildman–Crippen LogP) is 4.38. The van der Waals surface area contributed by atoms with Gasteiger partial charge < -0.3 is 9.84 Å². The van der Waals surface area contributed by atoms with Crippen molar-refractivity contribution in [3.8, 4) is 5.75 Å². The molecule has 1 N–H and O–H groups in total. The smallest absolute Gasteiger partial charge is 0.125 e. The van der Waals surface area contributed by atoms with Crippen LogP contribution in [-0.2, 0) is 0 Å². The highest BCUT2D eigenvalue weighted by Gasteiger charge is 2.18. The van der Waals surface area contributed by atoms with Gasteiger partial charge in [0.2, 0.25) is 0 Å². The Bertz CT molecular complexity index is 440. The van der Waals surface area contributed by atoms with Gasteiger partial charge in [-0.1, -0.05) is 28.4 Å². The predicted molar refractivity (Wildman–Crippen MR) is 76.8 cm³/mol. The van der Waals surface area contributed by atoms with Crippen molar-refractivity contribution in [2.75, 3.05) is 7.11 Å². The SMILES string of the molecule is COc1ccc(Br)cc1C(O)C1=CCCCCC1. The number of aliphatic hydroxyl groups excluding tert-OH is 1. The van der Waals surface area contributed by atoms with Crippen LogP contribution in [0.4, 0.5) is 0 Å². The van der Waals surface area contributed by atoms with Gasteiger partial charge in [0.25, 0.3) is 0 Å². The molecule has 0 spiro atoms. The van der Waals surface area contributed by atoms with E-state index in [4.69, 9.17) is 4.74 Å². The second-order valence-electron chi connectivity index (χ2n) is 4.67. The lowest BCUT2D eigenvalue weighted by Crippen LogP contribution is -2.04.